The topological polar surface area (TPSA) is 80.9 Å². The number of anilines is 1. The molecule has 28 heavy (non-hydrogen) atoms. The predicted molar refractivity (Wildman–Crippen MR) is 106 cm³/mol. The lowest BCUT2D eigenvalue weighted by Crippen LogP contribution is -2.23. The molecule has 0 saturated carbocycles. The number of carbonyl (C=O) groups excluding carboxylic acids is 1. The van der Waals surface area contributed by atoms with Crippen LogP contribution >= 0.6 is 11.6 Å². The third-order valence-corrected chi connectivity index (χ3v) is 4.19. The molecule has 0 unspecified atom stereocenters. The molecule has 0 aliphatic heterocycles. The molecule has 0 aliphatic rings. The van der Waals surface area contributed by atoms with E-state index in [1.165, 1.54) is 6.26 Å². The summed E-state index contributed by atoms with van der Waals surface area (Å²) in [6.07, 6.45) is 0.663. The van der Waals surface area contributed by atoms with Gasteiger partial charge >= 0.3 is 0 Å². The monoisotopic (exact) mass is 401 g/mol. The van der Waals surface area contributed by atoms with E-state index in [0.29, 0.717) is 23.1 Å². The van der Waals surface area contributed by atoms with E-state index in [-0.39, 0.29) is 24.9 Å². The Hall–Kier alpha value is -2.80. The lowest BCUT2D eigenvalue weighted by atomic mass is 10.2. The van der Waals surface area contributed by atoms with Crippen molar-refractivity contribution in [2.45, 2.75) is 12.7 Å². The zero-order valence-corrected chi connectivity index (χ0v) is 15.8. The van der Waals surface area contributed by atoms with Crippen LogP contribution in [0.1, 0.15) is 16.1 Å². The first-order valence-corrected chi connectivity index (χ1v) is 9.06. The van der Waals surface area contributed by atoms with E-state index in [1.54, 1.807) is 42.5 Å². The van der Waals surface area contributed by atoms with Gasteiger partial charge in [-0.2, -0.15) is 0 Å². The van der Waals surface area contributed by atoms with E-state index in [1.807, 2.05) is 18.2 Å². The van der Waals surface area contributed by atoms with E-state index in [2.05, 4.69) is 5.32 Å². The second-order valence-electron chi connectivity index (χ2n) is 6.03. The van der Waals surface area contributed by atoms with Crippen LogP contribution in [0.15, 0.2) is 71.3 Å². The highest BCUT2D eigenvalue weighted by molar-refractivity contribution is 6.31. The van der Waals surface area contributed by atoms with Gasteiger partial charge in [0.1, 0.15) is 18.5 Å². The van der Waals surface area contributed by atoms with E-state index in [0.717, 1.165) is 5.56 Å². The lowest BCUT2D eigenvalue weighted by Gasteiger charge is -2.13. The number of hydrogen-bond donors (Lipinski definition) is 2. The highest BCUT2D eigenvalue weighted by Gasteiger charge is 2.10. The molecule has 2 N–H and O–H groups in total. The van der Waals surface area contributed by atoms with Crippen molar-refractivity contribution in [1.29, 1.82) is 0 Å². The summed E-state index contributed by atoms with van der Waals surface area (Å²) >= 11 is 6.06. The number of carbonyl (C=O) groups is 1. The average molecular weight is 402 g/mol. The summed E-state index contributed by atoms with van der Waals surface area (Å²) in [4.78, 5) is 11.9. The number of aliphatic hydroxyl groups is 1. The number of hydrogen-bond acceptors (Lipinski definition) is 5. The minimum absolute atomic E-state index is 0.0840. The Labute approximate surface area is 167 Å². The third-order valence-electron chi connectivity index (χ3n) is 3.83. The number of ether oxygens (including phenoxy) is 2. The van der Waals surface area contributed by atoms with Crippen molar-refractivity contribution in [3.8, 4) is 5.75 Å². The zero-order valence-electron chi connectivity index (χ0n) is 15.0. The first-order valence-electron chi connectivity index (χ1n) is 8.69. The first kappa shape index (κ1) is 19.9. The molecule has 3 rings (SSSR count). The highest BCUT2D eigenvalue weighted by atomic mass is 35.5. The second kappa shape index (κ2) is 9.94. The molecule has 0 fully saturated rings. The predicted octanol–water partition coefficient (Wildman–Crippen LogP) is 4.14. The maximum atomic E-state index is 11.9. The normalized spacial score (nSPS) is 11.8. The quantitative estimate of drug-likeness (QED) is 0.563. The Morgan fingerprint density at radius 3 is 2.57 bits per heavy atom. The fraction of sp³-hybridized carbons (Fsp3) is 0.190. The van der Waals surface area contributed by atoms with Gasteiger partial charge in [-0.15, -0.1) is 0 Å². The van der Waals surface area contributed by atoms with Gasteiger partial charge < -0.3 is 24.3 Å². The fourth-order valence-electron chi connectivity index (χ4n) is 2.40. The van der Waals surface area contributed by atoms with Crippen molar-refractivity contribution >= 4 is 23.2 Å². The molecule has 7 heteroatoms. The summed E-state index contributed by atoms with van der Waals surface area (Å²) in [5.74, 6) is 0.478. The summed E-state index contributed by atoms with van der Waals surface area (Å²) < 4.78 is 16.1. The van der Waals surface area contributed by atoms with Crippen molar-refractivity contribution in [1.82, 2.24) is 0 Å². The lowest BCUT2D eigenvalue weighted by molar-refractivity contribution is 0.00551. The zero-order chi connectivity index (χ0) is 19.8. The molecule has 0 saturated heterocycles. The molecule has 3 aromatic rings. The molecular weight excluding hydrogens is 382 g/mol. The number of rotatable bonds is 9. The maximum Gasteiger partial charge on any atom is 0.291 e. The van der Waals surface area contributed by atoms with E-state index in [4.69, 9.17) is 25.5 Å². The standard InChI is InChI=1S/C21H20ClNO5/c22-19-5-2-1-4-15(19)12-26-13-17(24)14-28-18-9-7-16(8-10-18)23-21(25)20-6-3-11-27-20/h1-11,17,24H,12-14H2,(H,23,25)/t17-/m1/s1. The Morgan fingerprint density at radius 1 is 1.07 bits per heavy atom. The molecule has 1 amide bonds. The van der Waals surface area contributed by atoms with E-state index in [9.17, 15) is 9.90 Å². The number of aliphatic hydroxyl groups excluding tert-OH is 1. The molecule has 146 valence electrons. The molecule has 6 nitrogen and oxygen atoms in total. The van der Waals surface area contributed by atoms with Crippen LogP contribution < -0.4 is 10.1 Å². The van der Waals surface area contributed by atoms with Crippen molar-refractivity contribution in [2.24, 2.45) is 0 Å². The Morgan fingerprint density at radius 2 is 1.86 bits per heavy atom. The molecule has 2 aromatic carbocycles. The molecule has 1 heterocycles. The van der Waals surface area contributed by atoms with E-state index < -0.39 is 6.10 Å². The minimum atomic E-state index is -0.777. The van der Waals surface area contributed by atoms with Crippen LogP contribution in [-0.4, -0.2) is 30.3 Å². The summed E-state index contributed by atoms with van der Waals surface area (Å²) in [5.41, 5.74) is 1.47. The summed E-state index contributed by atoms with van der Waals surface area (Å²) in [5, 5.41) is 13.3. The molecule has 1 atom stereocenters. The van der Waals surface area contributed by atoms with Gasteiger partial charge in [0.25, 0.3) is 5.91 Å². The van der Waals surface area contributed by atoms with Crippen LogP contribution in [0.3, 0.4) is 0 Å². The van der Waals surface area contributed by atoms with Crippen LogP contribution in [0.4, 0.5) is 5.69 Å². The van der Waals surface area contributed by atoms with Gasteiger partial charge in [-0.25, -0.2) is 0 Å². The Balaban J connectivity index is 1.39. The molecule has 0 spiro atoms. The van der Waals surface area contributed by atoms with E-state index >= 15 is 0 Å². The van der Waals surface area contributed by atoms with Crippen molar-refractivity contribution in [3.63, 3.8) is 0 Å². The smallest absolute Gasteiger partial charge is 0.291 e. The molecule has 0 radical (unpaired) electrons. The first-order chi connectivity index (χ1) is 13.6. The van der Waals surface area contributed by atoms with Gasteiger partial charge in [0.15, 0.2) is 5.76 Å². The van der Waals surface area contributed by atoms with Gasteiger partial charge in [0.05, 0.1) is 19.5 Å². The van der Waals surface area contributed by atoms with Crippen LogP contribution in [0.5, 0.6) is 5.75 Å². The van der Waals surface area contributed by atoms with Gasteiger partial charge in [0, 0.05) is 10.7 Å². The van der Waals surface area contributed by atoms with Gasteiger partial charge in [-0.3, -0.25) is 4.79 Å². The van der Waals surface area contributed by atoms with Gasteiger partial charge in [0.2, 0.25) is 0 Å². The van der Waals surface area contributed by atoms with Crippen LogP contribution in [0.2, 0.25) is 5.02 Å². The Bertz CT molecular complexity index is 880. The minimum Gasteiger partial charge on any atom is -0.491 e. The van der Waals surface area contributed by atoms with Gasteiger partial charge in [-0.1, -0.05) is 29.8 Å². The number of furan rings is 1. The molecule has 0 bridgehead atoms. The molecule has 0 aliphatic carbocycles. The number of benzene rings is 2. The van der Waals surface area contributed by atoms with Crippen molar-refractivity contribution in [2.75, 3.05) is 18.5 Å². The van der Waals surface area contributed by atoms with Crippen LogP contribution in [0, 0.1) is 0 Å². The molecule has 1 aromatic heterocycles. The maximum absolute atomic E-state index is 11.9. The SMILES string of the molecule is O=C(Nc1ccc(OC[C@H](O)COCc2ccccc2Cl)cc1)c1ccco1. The van der Waals surface area contributed by atoms with Crippen LogP contribution in [0.25, 0.3) is 0 Å². The van der Waals surface area contributed by atoms with Gasteiger partial charge in [-0.05, 0) is 48.0 Å². The van der Waals surface area contributed by atoms with Crippen molar-refractivity contribution < 1.29 is 23.8 Å². The summed E-state index contributed by atoms with van der Waals surface area (Å²) in [7, 11) is 0. The van der Waals surface area contributed by atoms with Crippen molar-refractivity contribution in [3.05, 3.63) is 83.3 Å². The highest BCUT2D eigenvalue weighted by Crippen LogP contribution is 2.18. The largest absolute Gasteiger partial charge is 0.491 e. The van der Waals surface area contributed by atoms with Crippen LogP contribution in [-0.2, 0) is 11.3 Å². The number of amides is 1. The number of halogens is 1. The number of nitrogens with one attached hydrogen (secondary N) is 1. The Kier molecular flexibility index (Phi) is 7.08. The molecular formula is C21H20ClNO5. The summed E-state index contributed by atoms with van der Waals surface area (Å²) in [6, 6.07) is 17.4. The average Bonchev–Trinajstić information content (AvgIpc) is 3.24. The second-order valence-corrected chi connectivity index (χ2v) is 6.43. The summed E-state index contributed by atoms with van der Waals surface area (Å²) in [6.45, 7) is 0.532. The third kappa shape index (κ3) is 5.85. The fourth-order valence-corrected chi connectivity index (χ4v) is 2.59.